The van der Waals surface area contributed by atoms with Crippen LogP contribution in [0.4, 0.5) is 0 Å². The number of likely N-dealkylation sites (N-methyl/N-ethyl adjacent to an activating group) is 1. The van der Waals surface area contributed by atoms with Crippen molar-refractivity contribution < 1.29 is 38.5 Å². The summed E-state index contributed by atoms with van der Waals surface area (Å²) in [6.45, 7) is 3.03. The second-order valence-corrected chi connectivity index (χ2v) is 9.38. The molecule has 1 amide bonds. The molecule has 1 aromatic carbocycles. The standard InChI is InChI=1S/C21H27BN2O7/c1-24(2)5-6-30-12(11-24)7-18(25)23-9-13(10-23)31-17-4-3-14(15-8-16(15)22-29)20(26)19(17)21(27)28/h3-4,12-13,15-16H,5-11H2,1-2H3,(H-,26,27,28)/t12-,15-,16-/m1/s1. The van der Waals surface area contributed by atoms with E-state index in [1.807, 2.05) is 0 Å². The maximum atomic E-state index is 12.5. The molecule has 0 bridgehead atoms. The first kappa shape index (κ1) is 21.8. The van der Waals surface area contributed by atoms with Gasteiger partial charge in [0.1, 0.15) is 19.2 Å². The minimum absolute atomic E-state index is 0.0105. The number of nitrogens with zero attached hydrogens (tertiary/aromatic N) is 2. The van der Waals surface area contributed by atoms with Crippen molar-refractivity contribution >= 4 is 19.0 Å². The van der Waals surface area contributed by atoms with Crippen molar-refractivity contribution in [2.75, 3.05) is 46.9 Å². The first-order valence-corrected chi connectivity index (χ1v) is 10.6. The quantitative estimate of drug-likeness (QED) is 0.460. The van der Waals surface area contributed by atoms with E-state index in [1.54, 1.807) is 11.0 Å². The number of carboxylic acids is 1. The molecule has 3 aliphatic rings. The van der Waals surface area contributed by atoms with Gasteiger partial charge in [-0.2, -0.15) is 0 Å². The smallest absolute Gasteiger partial charge is 0.105 e. The van der Waals surface area contributed by atoms with E-state index >= 15 is 0 Å². The first-order valence-electron chi connectivity index (χ1n) is 10.6. The second kappa shape index (κ2) is 8.24. The number of aromatic hydroxyl groups is 1. The van der Waals surface area contributed by atoms with Gasteiger partial charge in [-0.1, -0.05) is 0 Å². The molecule has 1 N–H and O–H groups in total. The number of likely N-dealkylation sites (tertiary alicyclic amines) is 1. The van der Waals surface area contributed by atoms with Crippen LogP contribution in [0.2, 0.25) is 5.82 Å². The van der Waals surface area contributed by atoms with Gasteiger partial charge in [-0.3, -0.25) is 0 Å². The minimum Gasteiger partial charge on any atom is 0.105 e. The minimum atomic E-state index is -1.54. The molecule has 0 radical (unpaired) electrons. The van der Waals surface area contributed by atoms with Gasteiger partial charge in [-0.15, -0.1) is 0 Å². The summed E-state index contributed by atoms with van der Waals surface area (Å²) in [5, 5.41) is 22.1. The molecule has 1 aliphatic carbocycles. The number of hydrogen-bond acceptors (Lipinski definition) is 7. The molecular formula is C21H27BN2O7. The van der Waals surface area contributed by atoms with Gasteiger partial charge in [0.15, 0.2) is 0 Å². The number of ether oxygens (including phenoxy) is 2. The van der Waals surface area contributed by atoms with Crippen molar-refractivity contribution in [3.63, 3.8) is 0 Å². The summed E-state index contributed by atoms with van der Waals surface area (Å²) in [6, 6.07) is 3.08. The van der Waals surface area contributed by atoms with Crippen molar-refractivity contribution in [1.82, 2.24) is 4.90 Å². The molecule has 166 valence electrons. The third-order valence-corrected chi connectivity index (χ3v) is 6.43. The molecule has 0 spiro atoms. The normalized spacial score (nSPS) is 27.2. The number of carbonyl (C=O) groups is 2. The Bertz CT molecular complexity index is 900. The molecule has 2 heterocycles. The van der Waals surface area contributed by atoms with Crippen LogP contribution in [-0.4, -0.2) is 92.6 Å². The molecule has 4 rings (SSSR count). The number of aromatic carboxylic acids is 1. The zero-order valence-electron chi connectivity index (χ0n) is 17.8. The number of hydrogen-bond donors (Lipinski definition) is 1. The van der Waals surface area contributed by atoms with Crippen molar-refractivity contribution in [3.8, 4) is 11.5 Å². The van der Waals surface area contributed by atoms with Gasteiger partial charge < -0.3 is 9.22 Å². The maximum Gasteiger partial charge on any atom is 0.105 e. The monoisotopic (exact) mass is 430 g/mol. The van der Waals surface area contributed by atoms with Crippen molar-refractivity contribution in [2.45, 2.75) is 36.8 Å². The van der Waals surface area contributed by atoms with Crippen LogP contribution in [0.15, 0.2) is 12.1 Å². The Balaban J connectivity index is 1.35. The van der Waals surface area contributed by atoms with Crippen LogP contribution < -0.4 is 9.84 Å². The largest absolute Gasteiger partial charge is 0.105 e. The molecule has 0 unspecified atom stereocenters. The number of carboxylic acid groups (broad SMARTS) is 1. The summed E-state index contributed by atoms with van der Waals surface area (Å²) in [5.74, 6) is -2.33. The van der Waals surface area contributed by atoms with Crippen LogP contribution in [0.25, 0.3) is 0 Å². The second-order valence-electron chi connectivity index (χ2n) is 9.38. The maximum absolute atomic E-state index is 12.5. The third kappa shape index (κ3) is 4.59. The third-order valence-electron chi connectivity index (χ3n) is 6.43. The molecule has 1 saturated carbocycles. The molecule has 31 heavy (non-hydrogen) atoms. The number of phenols is 1. The van der Waals surface area contributed by atoms with E-state index in [0.29, 0.717) is 38.1 Å². The van der Waals surface area contributed by atoms with Gasteiger partial charge in [0, 0.05) is 0 Å². The van der Waals surface area contributed by atoms with E-state index in [0.717, 1.165) is 24.7 Å². The number of benzene rings is 1. The van der Waals surface area contributed by atoms with Gasteiger partial charge in [-0.25, -0.2) is 0 Å². The number of quaternary nitrogens is 1. The number of carbonyl (C=O) groups excluding carboxylic acids is 2. The predicted molar refractivity (Wildman–Crippen MR) is 107 cm³/mol. The summed E-state index contributed by atoms with van der Waals surface area (Å²) in [5.41, 5.74) is 0.0114. The Morgan fingerprint density at radius 2 is 2.10 bits per heavy atom. The molecule has 3 fully saturated rings. The molecule has 10 heteroatoms. The number of morpholine rings is 1. The van der Waals surface area contributed by atoms with E-state index in [-0.39, 0.29) is 35.6 Å². The fourth-order valence-corrected chi connectivity index (χ4v) is 4.41. The zero-order chi connectivity index (χ0) is 22.3. The summed E-state index contributed by atoms with van der Waals surface area (Å²) in [7, 11) is 5.04. The van der Waals surface area contributed by atoms with Gasteiger partial charge in [0.05, 0.1) is 20.7 Å². The topological polar surface area (TPSA) is 116 Å². The van der Waals surface area contributed by atoms with Crippen LogP contribution in [0.5, 0.6) is 11.5 Å². The predicted octanol–water partition coefficient (Wildman–Crippen LogP) is -0.464. The average molecular weight is 430 g/mol. The molecular weight excluding hydrogens is 403 g/mol. The number of rotatable bonds is 7. The molecule has 3 atom stereocenters. The Kier molecular flexibility index (Phi) is 5.78. The Morgan fingerprint density at radius 3 is 2.71 bits per heavy atom. The van der Waals surface area contributed by atoms with Gasteiger partial charge >= 0.3 is 132 Å². The van der Waals surface area contributed by atoms with Crippen LogP contribution in [0.1, 0.15) is 34.7 Å². The summed E-state index contributed by atoms with van der Waals surface area (Å²) >= 11 is 0. The average Bonchev–Trinajstić information content (AvgIpc) is 3.42. The van der Waals surface area contributed by atoms with E-state index in [9.17, 15) is 24.5 Å². The zero-order valence-corrected chi connectivity index (χ0v) is 17.8. The van der Waals surface area contributed by atoms with Crippen LogP contribution in [0, 0.1) is 0 Å². The molecule has 2 aliphatic heterocycles. The van der Waals surface area contributed by atoms with Gasteiger partial charge in [0.25, 0.3) is 0 Å². The van der Waals surface area contributed by atoms with Crippen LogP contribution >= 0.6 is 0 Å². The summed E-state index contributed by atoms with van der Waals surface area (Å²) in [4.78, 5) is 25.8. The van der Waals surface area contributed by atoms with Crippen molar-refractivity contribution in [2.24, 2.45) is 0 Å². The fraction of sp³-hybridized carbons (Fsp3) is 0.619. The van der Waals surface area contributed by atoms with E-state index in [1.165, 1.54) is 6.07 Å². The van der Waals surface area contributed by atoms with Gasteiger partial charge in [0.2, 0.25) is 0 Å². The summed E-state index contributed by atoms with van der Waals surface area (Å²) in [6.07, 6.45) is 0.427. The molecule has 9 nitrogen and oxygen atoms in total. The SMILES string of the molecule is C[N+]1(C)CCO[C@H](CC(=O)N2CC(Oc3ccc([C@H]4C[C@H]4B=O)c(O)c3C(=O)[O-])C2)C1. The summed E-state index contributed by atoms with van der Waals surface area (Å²) < 4.78 is 23.2. The fourth-order valence-electron chi connectivity index (χ4n) is 4.41. The molecule has 1 aromatic rings. The van der Waals surface area contributed by atoms with Crippen molar-refractivity contribution in [1.29, 1.82) is 0 Å². The van der Waals surface area contributed by atoms with Crippen molar-refractivity contribution in [3.05, 3.63) is 23.3 Å². The van der Waals surface area contributed by atoms with Crippen LogP contribution in [0.3, 0.4) is 0 Å². The van der Waals surface area contributed by atoms with E-state index in [2.05, 4.69) is 14.1 Å². The Hall–Kier alpha value is -2.46. The van der Waals surface area contributed by atoms with E-state index in [4.69, 9.17) is 9.47 Å². The molecule has 0 aromatic heterocycles. The van der Waals surface area contributed by atoms with Gasteiger partial charge in [-0.05, 0) is 0 Å². The first-order chi connectivity index (χ1) is 14.7. The van der Waals surface area contributed by atoms with E-state index < -0.39 is 17.3 Å². The Labute approximate surface area is 181 Å². The molecule has 2 saturated heterocycles. The number of amides is 1. The van der Waals surface area contributed by atoms with Crippen LogP contribution in [-0.2, 0) is 14.2 Å². The Morgan fingerprint density at radius 1 is 1.35 bits per heavy atom.